The van der Waals surface area contributed by atoms with Gasteiger partial charge in [0.2, 0.25) is 0 Å². The van der Waals surface area contributed by atoms with Gasteiger partial charge in [0.05, 0.1) is 18.3 Å². The maximum Gasteiger partial charge on any atom is 0.319 e. The van der Waals surface area contributed by atoms with Crippen LogP contribution in [-0.4, -0.2) is 59.7 Å². The predicted molar refractivity (Wildman–Crippen MR) is 93.6 cm³/mol. The van der Waals surface area contributed by atoms with Crippen molar-refractivity contribution in [3.05, 3.63) is 27.1 Å². The van der Waals surface area contributed by atoms with Crippen LogP contribution in [0.4, 0.5) is 4.79 Å². The quantitative estimate of drug-likeness (QED) is 0.785. The Kier molecular flexibility index (Phi) is 4.86. The van der Waals surface area contributed by atoms with Crippen LogP contribution in [0.25, 0.3) is 10.2 Å². The number of fused-ring (bicyclic) bond motifs is 3. The van der Waals surface area contributed by atoms with E-state index in [0.29, 0.717) is 32.7 Å². The zero-order chi connectivity index (χ0) is 17.3. The second-order valence-electron chi connectivity index (χ2n) is 6.12. The van der Waals surface area contributed by atoms with Gasteiger partial charge in [0.15, 0.2) is 0 Å². The number of carbonyl (C=O) groups is 1. The fourth-order valence-corrected chi connectivity index (χ4v) is 4.20. The Hall–Kier alpha value is -1.93. The number of hydrogen-bond acceptors (Lipinski definition) is 5. The van der Waals surface area contributed by atoms with Crippen molar-refractivity contribution in [2.45, 2.75) is 25.9 Å². The molecule has 0 saturated heterocycles. The number of aromatic nitrogens is 2. The molecule has 0 N–H and O–H groups in total. The smallest absolute Gasteiger partial charge is 0.319 e. The Bertz CT molecular complexity index is 811. The standard InChI is InChI=1S/C16H22N4O3S/c1-18(2)16(22)19-7-5-11-12(9-19)24-14-13(11)15(21)20(10-17-14)6-4-8-23-3/h10H,4-9H2,1-3H3. The third-order valence-corrected chi connectivity index (χ3v) is 5.35. The van der Waals surface area contributed by atoms with Crippen molar-refractivity contribution in [3.8, 4) is 0 Å². The van der Waals surface area contributed by atoms with E-state index in [1.807, 2.05) is 4.90 Å². The predicted octanol–water partition coefficient (Wildman–Crippen LogP) is 1.53. The van der Waals surface area contributed by atoms with Crippen LogP contribution in [0.2, 0.25) is 0 Å². The number of urea groups is 1. The summed E-state index contributed by atoms with van der Waals surface area (Å²) in [5.41, 5.74) is 1.08. The van der Waals surface area contributed by atoms with Crippen molar-refractivity contribution in [1.82, 2.24) is 19.4 Å². The first-order valence-corrected chi connectivity index (χ1v) is 8.79. The van der Waals surface area contributed by atoms with Crippen LogP contribution in [0.1, 0.15) is 16.9 Å². The molecule has 0 radical (unpaired) electrons. The molecule has 2 aromatic heterocycles. The molecule has 0 aliphatic carbocycles. The summed E-state index contributed by atoms with van der Waals surface area (Å²) in [7, 11) is 5.16. The van der Waals surface area contributed by atoms with Gasteiger partial charge in [-0.3, -0.25) is 9.36 Å². The minimum absolute atomic E-state index is 0.00282. The van der Waals surface area contributed by atoms with E-state index in [9.17, 15) is 9.59 Å². The topological polar surface area (TPSA) is 67.7 Å². The number of ether oxygens (including phenoxy) is 1. The molecule has 0 spiro atoms. The monoisotopic (exact) mass is 350 g/mol. The molecule has 0 atom stereocenters. The first-order valence-electron chi connectivity index (χ1n) is 7.97. The van der Waals surface area contributed by atoms with Crippen molar-refractivity contribution in [2.75, 3.05) is 34.4 Å². The number of methoxy groups -OCH3 is 1. The van der Waals surface area contributed by atoms with Crippen LogP contribution in [0.15, 0.2) is 11.1 Å². The van der Waals surface area contributed by atoms with Crippen molar-refractivity contribution in [2.24, 2.45) is 0 Å². The minimum atomic E-state index is 0.00282. The summed E-state index contributed by atoms with van der Waals surface area (Å²) in [6, 6.07) is 0.00282. The molecule has 1 aliphatic rings. The van der Waals surface area contributed by atoms with Gasteiger partial charge in [0.25, 0.3) is 5.56 Å². The first-order chi connectivity index (χ1) is 11.5. The molecular weight excluding hydrogens is 328 g/mol. The maximum absolute atomic E-state index is 12.8. The van der Waals surface area contributed by atoms with E-state index in [-0.39, 0.29) is 11.6 Å². The normalized spacial score (nSPS) is 14.0. The van der Waals surface area contributed by atoms with Crippen LogP contribution in [0.3, 0.4) is 0 Å². The number of amides is 2. The Labute approximate surface area is 144 Å². The largest absolute Gasteiger partial charge is 0.385 e. The highest BCUT2D eigenvalue weighted by Gasteiger charge is 2.26. The Morgan fingerprint density at radius 3 is 2.96 bits per heavy atom. The van der Waals surface area contributed by atoms with E-state index in [1.165, 1.54) is 11.3 Å². The molecule has 0 aromatic carbocycles. The highest BCUT2D eigenvalue weighted by molar-refractivity contribution is 7.18. The summed E-state index contributed by atoms with van der Waals surface area (Å²) in [6.07, 6.45) is 3.10. The minimum Gasteiger partial charge on any atom is -0.385 e. The van der Waals surface area contributed by atoms with Gasteiger partial charge in [0.1, 0.15) is 4.83 Å². The van der Waals surface area contributed by atoms with E-state index in [0.717, 1.165) is 27.1 Å². The Morgan fingerprint density at radius 2 is 2.25 bits per heavy atom. The lowest BCUT2D eigenvalue weighted by Crippen LogP contribution is -2.41. The third-order valence-electron chi connectivity index (χ3n) is 4.23. The number of nitrogens with zero attached hydrogens (tertiary/aromatic N) is 4. The second kappa shape index (κ2) is 6.90. The molecular formula is C16H22N4O3S. The molecule has 130 valence electrons. The molecule has 0 fully saturated rings. The summed E-state index contributed by atoms with van der Waals surface area (Å²) in [6.45, 7) is 2.41. The second-order valence-corrected chi connectivity index (χ2v) is 7.21. The molecule has 2 aromatic rings. The van der Waals surface area contributed by atoms with E-state index in [2.05, 4.69) is 4.98 Å². The van der Waals surface area contributed by atoms with Gasteiger partial charge in [-0.1, -0.05) is 0 Å². The van der Waals surface area contributed by atoms with E-state index < -0.39 is 0 Å². The lowest BCUT2D eigenvalue weighted by Gasteiger charge is -2.29. The summed E-state index contributed by atoms with van der Waals surface area (Å²) in [4.78, 5) is 34.6. The molecule has 8 heteroatoms. The van der Waals surface area contributed by atoms with E-state index in [1.54, 1.807) is 37.0 Å². The molecule has 0 unspecified atom stereocenters. The van der Waals surface area contributed by atoms with Crippen LogP contribution < -0.4 is 5.56 Å². The Balaban J connectivity index is 1.92. The fraction of sp³-hybridized carbons (Fsp3) is 0.562. The Morgan fingerprint density at radius 1 is 1.46 bits per heavy atom. The maximum atomic E-state index is 12.8. The van der Waals surface area contributed by atoms with Crippen LogP contribution in [0.5, 0.6) is 0 Å². The number of thiophene rings is 1. The average molecular weight is 350 g/mol. The molecule has 7 nitrogen and oxygen atoms in total. The van der Waals surface area contributed by atoms with Gasteiger partial charge in [-0.15, -0.1) is 11.3 Å². The van der Waals surface area contributed by atoms with Gasteiger partial charge in [-0.05, 0) is 18.4 Å². The van der Waals surface area contributed by atoms with Crippen LogP contribution in [-0.2, 0) is 24.2 Å². The van der Waals surface area contributed by atoms with E-state index >= 15 is 0 Å². The molecule has 0 saturated carbocycles. The van der Waals surface area contributed by atoms with Crippen LogP contribution >= 0.6 is 11.3 Å². The van der Waals surface area contributed by atoms with E-state index in [4.69, 9.17) is 4.74 Å². The highest BCUT2D eigenvalue weighted by Crippen LogP contribution is 2.32. The van der Waals surface area contributed by atoms with Crippen molar-refractivity contribution < 1.29 is 9.53 Å². The van der Waals surface area contributed by atoms with Crippen molar-refractivity contribution in [3.63, 3.8) is 0 Å². The fourth-order valence-electron chi connectivity index (χ4n) is 3.00. The van der Waals surface area contributed by atoms with Gasteiger partial charge < -0.3 is 14.5 Å². The van der Waals surface area contributed by atoms with Crippen molar-refractivity contribution in [1.29, 1.82) is 0 Å². The molecule has 3 rings (SSSR count). The lowest BCUT2D eigenvalue weighted by molar-refractivity contribution is 0.166. The summed E-state index contributed by atoms with van der Waals surface area (Å²) >= 11 is 1.52. The van der Waals surface area contributed by atoms with Crippen molar-refractivity contribution >= 4 is 27.6 Å². The number of rotatable bonds is 4. The SMILES string of the molecule is COCCCn1cnc2sc3c(c2c1=O)CCN(C(=O)N(C)C)C3. The zero-order valence-corrected chi connectivity index (χ0v) is 15.1. The molecule has 24 heavy (non-hydrogen) atoms. The number of aryl methyl sites for hydroxylation is 1. The zero-order valence-electron chi connectivity index (χ0n) is 14.2. The van der Waals surface area contributed by atoms with Gasteiger partial charge in [-0.2, -0.15) is 0 Å². The number of carbonyl (C=O) groups excluding carboxylic acids is 1. The molecule has 1 aliphatic heterocycles. The van der Waals surface area contributed by atoms with Crippen LogP contribution in [0, 0.1) is 0 Å². The first kappa shape index (κ1) is 16.9. The molecule has 0 bridgehead atoms. The average Bonchev–Trinajstić information content (AvgIpc) is 2.94. The lowest BCUT2D eigenvalue weighted by atomic mass is 10.1. The highest BCUT2D eigenvalue weighted by atomic mass is 32.1. The third kappa shape index (κ3) is 3.03. The van der Waals surface area contributed by atoms with Gasteiger partial charge in [-0.25, -0.2) is 9.78 Å². The summed E-state index contributed by atoms with van der Waals surface area (Å²) in [5, 5.41) is 0.729. The van der Waals surface area contributed by atoms with Gasteiger partial charge in [0, 0.05) is 45.8 Å². The number of hydrogen-bond donors (Lipinski definition) is 0. The molecule has 3 heterocycles. The molecule has 2 amide bonds. The van der Waals surface area contributed by atoms with Gasteiger partial charge >= 0.3 is 6.03 Å². The summed E-state index contributed by atoms with van der Waals surface area (Å²) < 4.78 is 6.70. The summed E-state index contributed by atoms with van der Waals surface area (Å²) in [5.74, 6) is 0.